The molecule has 4 amide bonds. The monoisotopic (exact) mass is 482 g/mol. The average molecular weight is 483 g/mol. The van der Waals surface area contributed by atoms with E-state index < -0.39 is 22.0 Å². The number of piperidine rings is 1. The fourth-order valence-corrected chi connectivity index (χ4v) is 5.77. The molecule has 11 heteroatoms. The van der Waals surface area contributed by atoms with Crippen LogP contribution in [0, 0.1) is 0 Å². The Hall–Kier alpha value is -3.73. The Morgan fingerprint density at radius 1 is 1.06 bits per heavy atom. The Bertz CT molecular complexity index is 1370. The van der Waals surface area contributed by atoms with Crippen LogP contribution in [0.2, 0.25) is 0 Å². The van der Waals surface area contributed by atoms with E-state index in [0.29, 0.717) is 29.8 Å². The van der Waals surface area contributed by atoms with Gasteiger partial charge in [-0.2, -0.15) is 0 Å². The minimum atomic E-state index is -3.95. The Morgan fingerprint density at radius 3 is 2.59 bits per heavy atom. The second-order valence-electron chi connectivity index (χ2n) is 8.59. The van der Waals surface area contributed by atoms with E-state index in [2.05, 4.69) is 10.0 Å². The first-order valence-corrected chi connectivity index (χ1v) is 12.3. The van der Waals surface area contributed by atoms with E-state index in [-0.39, 0.29) is 47.7 Å². The highest BCUT2D eigenvalue weighted by molar-refractivity contribution is 7.92. The first kappa shape index (κ1) is 22.1. The Balaban J connectivity index is 1.37. The highest BCUT2D eigenvalue weighted by atomic mass is 32.2. The van der Waals surface area contributed by atoms with Crippen molar-refractivity contribution in [1.29, 1.82) is 0 Å². The molecule has 1 atom stereocenters. The number of anilines is 2. The molecular weight excluding hydrogens is 460 g/mol. The Morgan fingerprint density at radius 2 is 1.85 bits per heavy atom. The number of carbonyl (C=O) groups is 4. The van der Waals surface area contributed by atoms with E-state index in [1.807, 2.05) is 0 Å². The summed E-state index contributed by atoms with van der Waals surface area (Å²) >= 11 is 0. The lowest BCUT2D eigenvalue weighted by molar-refractivity contribution is -0.137. The van der Waals surface area contributed by atoms with Crippen molar-refractivity contribution < 1.29 is 27.6 Å². The molecule has 2 N–H and O–H groups in total. The molecule has 3 aliphatic heterocycles. The zero-order valence-electron chi connectivity index (χ0n) is 18.3. The first-order chi connectivity index (χ1) is 16.1. The van der Waals surface area contributed by atoms with E-state index in [9.17, 15) is 27.6 Å². The van der Waals surface area contributed by atoms with Gasteiger partial charge >= 0.3 is 0 Å². The van der Waals surface area contributed by atoms with Crippen LogP contribution in [0.4, 0.5) is 11.4 Å². The molecule has 1 unspecified atom stereocenters. The normalized spacial score (nSPS) is 19.7. The molecule has 2 aromatic rings. The largest absolute Gasteiger partial charge is 0.322 e. The summed E-state index contributed by atoms with van der Waals surface area (Å²) in [7, 11) is -3.95. The number of nitrogens with one attached hydrogen (secondary N) is 2. The fraction of sp³-hybridized carbons (Fsp3) is 0.304. The summed E-state index contributed by atoms with van der Waals surface area (Å²) in [5.41, 5.74) is 2.77. The second kappa shape index (κ2) is 7.94. The van der Waals surface area contributed by atoms with Crippen molar-refractivity contribution in [1.82, 2.24) is 10.2 Å². The van der Waals surface area contributed by atoms with Crippen molar-refractivity contribution >= 4 is 45.0 Å². The standard InChI is InChI=1S/C23H22N4O6S/c1-13(28)26-9-8-14-2-4-17(11-20(14)26)34(32,33)25-16-3-5-18-15(10-16)12-27(23(18)31)19-6-7-21(29)24-22(19)30/h2-5,10-11,19,25H,6-9,12H2,1H3,(H,24,29,30). The molecule has 0 aliphatic carbocycles. The number of sulfonamides is 1. The molecule has 10 nitrogen and oxygen atoms in total. The van der Waals surface area contributed by atoms with Crippen molar-refractivity contribution in [3.05, 3.63) is 53.1 Å². The Kier molecular flexibility index (Phi) is 5.16. The van der Waals surface area contributed by atoms with Crippen LogP contribution in [-0.4, -0.2) is 49.5 Å². The number of rotatable bonds is 4. The third-order valence-electron chi connectivity index (χ3n) is 6.42. The third kappa shape index (κ3) is 3.71. The predicted octanol–water partition coefficient (Wildman–Crippen LogP) is 1.16. The zero-order chi connectivity index (χ0) is 24.2. The van der Waals surface area contributed by atoms with Crippen molar-refractivity contribution in [3.8, 4) is 0 Å². The van der Waals surface area contributed by atoms with E-state index >= 15 is 0 Å². The zero-order valence-corrected chi connectivity index (χ0v) is 19.1. The van der Waals surface area contributed by atoms with Gasteiger partial charge in [-0.1, -0.05) is 6.07 Å². The molecule has 3 aliphatic rings. The molecule has 3 heterocycles. The summed E-state index contributed by atoms with van der Waals surface area (Å²) in [5.74, 6) is -1.35. The number of imide groups is 1. The SMILES string of the molecule is CC(=O)N1CCc2ccc(S(=O)(=O)Nc3ccc4c(c3)CN(C3CCC(=O)NC3=O)C4=O)cc21. The fourth-order valence-electron chi connectivity index (χ4n) is 4.71. The summed E-state index contributed by atoms with van der Waals surface area (Å²) in [4.78, 5) is 51.3. The van der Waals surface area contributed by atoms with Gasteiger partial charge < -0.3 is 9.80 Å². The molecule has 0 radical (unpaired) electrons. The van der Waals surface area contributed by atoms with Crippen LogP contribution < -0.4 is 14.9 Å². The van der Waals surface area contributed by atoms with Crippen molar-refractivity contribution in [2.24, 2.45) is 0 Å². The Labute approximate surface area is 196 Å². The average Bonchev–Trinajstić information content (AvgIpc) is 3.34. The molecule has 0 aromatic heterocycles. The van der Waals surface area contributed by atoms with Gasteiger partial charge in [-0.05, 0) is 54.3 Å². The van der Waals surface area contributed by atoms with Gasteiger partial charge in [-0.3, -0.25) is 29.2 Å². The minimum Gasteiger partial charge on any atom is -0.322 e. The van der Waals surface area contributed by atoms with Crippen LogP contribution >= 0.6 is 0 Å². The molecule has 0 spiro atoms. The highest BCUT2D eigenvalue weighted by Crippen LogP contribution is 2.33. The maximum absolute atomic E-state index is 13.1. The second-order valence-corrected chi connectivity index (χ2v) is 10.3. The molecular formula is C23H22N4O6S. The first-order valence-electron chi connectivity index (χ1n) is 10.9. The number of carbonyl (C=O) groups excluding carboxylic acids is 4. The molecule has 34 heavy (non-hydrogen) atoms. The van der Waals surface area contributed by atoms with Crippen molar-refractivity contribution in [3.63, 3.8) is 0 Å². The van der Waals surface area contributed by atoms with Crippen LogP contribution in [0.1, 0.15) is 41.3 Å². The van der Waals surface area contributed by atoms with Crippen LogP contribution in [0.5, 0.6) is 0 Å². The summed E-state index contributed by atoms with van der Waals surface area (Å²) < 4.78 is 28.6. The summed E-state index contributed by atoms with van der Waals surface area (Å²) in [6.45, 7) is 2.10. The van der Waals surface area contributed by atoms with Gasteiger partial charge in [0.1, 0.15) is 6.04 Å². The topological polar surface area (TPSA) is 133 Å². The van der Waals surface area contributed by atoms with Crippen molar-refractivity contribution in [2.75, 3.05) is 16.2 Å². The maximum atomic E-state index is 13.1. The van der Waals surface area contributed by atoms with Gasteiger partial charge in [0.2, 0.25) is 17.7 Å². The third-order valence-corrected chi connectivity index (χ3v) is 7.80. The number of benzene rings is 2. The number of hydrogen-bond donors (Lipinski definition) is 2. The number of nitrogens with zero attached hydrogens (tertiary/aromatic N) is 2. The molecule has 1 saturated heterocycles. The molecule has 0 bridgehead atoms. The van der Waals surface area contributed by atoms with Gasteiger partial charge in [0, 0.05) is 43.4 Å². The van der Waals surface area contributed by atoms with E-state index in [4.69, 9.17) is 0 Å². The van der Waals surface area contributed by atoms with E-state index in [1.165, 1.54) is 36.1 Å². The lowest BCUT2D eigenvalue weighted by Crippen LogP contribution is -2.52. The van der Waals surface area contributed by atoms with Crippen LogP contribution in [0.15, 0.2) is 41.3 Å². The smallest absolute Gasteiger partial charge is 0.261 e. The molecule has 5 rings (SSSR count). The molecule has 2 aromatic carbocycles. The summed E-state index contributed by atoms with van der Waals surface area (Å²) in [6.07, 6.45) is 1.08. The lowest BCUT2D eigenvalue weighted by Gasteiger charge is -2.29. The number of fused-ring (bicyclic) bond motifs is 2. The molecule has 0 saturated carbocycles. The van der Waals surface area contributed by atoms with Crippen LogP contribution in [-0.2, 0) is 37.4 Å². The maximum Gasteiger partial charge on any atom is 0.261 e. The van der Waals surface area contributed by atoms with E-state index in [1.54, 1.807) is 17.0 Å². The molecule has 1 fully saturated rings. The highest BCUT2D eigenvalue weighted by Gasteiger charge is 2.39. The summed E-state index contributed by atoms with van der Waals surface area (Å²) in [6, 6.07) is 8.57. The number of amides is 4. The van der Waals surface area contributed by atoms with Crippen LogP contribution in [0.25, 0.3) is 0 Å². The number of hydrogen-bond acceptors (Lipinski definition) is 6. The summed E-state index contributed by atoms with van der Waals surface area (Å²) in [5, 5.41) is 2.25. The molecule has 176 valence electrons. The lowest BCUT2D eigenvalue weighted by atomic mass is 10.0. The van der Waals surface area contributed by atoms with Gasteiger partial charge in [-0.25, -0.2) is 8.42 Å². The van der Waals surface area contributed by atoms with E-state index in [0.717, 1.165) is 5.56 Å². The predicted molar refractivity (Wildman–Crippen MR) is 121 cm³/mol. The quantitative estimate of drug-likeness (QED) is 0.629. The minimum absolute atomic E-state index is 0.0288. The van der Waals surface area contributed by atoms with Gasteiger partial charge in [0.05, 0.1) is 4.90 Å². The van der Waals surface area contributed by atoms with Gasteiger partial charge in [-0.15, -0.1) is 0 Å². The van der Waals surface area contributed by atoms with Crippen molar-refractivity contribution in [2.45, 2.75) is 43.7 Å². The van der Waals surface area contributed by atoms with Gasteiger partial charge in [0.15, 0.2) is 0 Å². The van der Waals surface area contributed by atoms with Crippen LogP contribution in [0.3, 0.4) is 0 Å². The van der Waals surface area contributed by atoms with Gasteiger partial charge in [0.25, 0.3) is 15.9 Å².